The molecule has 0 fully saturated rings. The van der Waals surface area contributed by atoms with E-state index < -0.39 is 5.91 Å². The maximum Gasteiger partial charge on any atom is 0.295 e. The summed E-state index contributed by atoms with van der Waals surface area (Å²) in [5.41, 5.74) is 6.29. The van der Waals surface area contributed by atoms with E-state index in [1.54, 1.807) is 19.1 Å². The maximum absolute atomic E-state index is 13.3. The summed E-state index contributed by atoms with van der Waals surface area (Å²) in [6.45, 7) is 5.62. The average molecular weight is 478 g/mol. The quantitative estimate of drug-likeness (QED) is 0.278. The summed E-state index contributed by atoms with van der Waals surface area (Å²) in [5.74, 6) is -0.00829. The molecular weight excluding hydrogens is 454 g/mol. The molecule has 0 bridgehead atoms. The van der Waals surface area contributed by atoms with Crippen LogP contribution in [0.3, 0.4) is 0 Å². The average Bonchev–Trinajstić information content (AvgIpc) is 2.83. The fourth-order valence-electron chi connectivity index (χ4n) is 3.93. The summed E-state index contributed by atoms with van der Waals surface area (Å²) >= 11 is 6.01. The number of nitrogens with zero attached hydrogens (tertiary/aromatic N) is 1. The number of aryl methyl sites for hydroxylation is 1. The second-order valence-electron chi connectivity index (χ2n) is 8.01. The highest BCUT2D eigenvalue weighted by molar-refractivity contribution is 6.29. The Morgan fingerprint density at radius 1 is 1.12 bits per heavy atom. The number of amides is 1. The van der Waals surface area contributed by atoms with Crippen molar-refractivity contribution < 1.29 is 14.0 Å². The molecule has 0 aliphatic carbocycles. The molecule has 4 aromatic rings. The van der Waals surface area contributed by atoms with Crippen LogP contribution in [0.25, 0.3) is 22.3 Å². The molecule has 1 amide bonds. The summed E-state index contributed by atoms with van der Waals surface area (Å²) in [7, 11) is 1.34. The predicted octanol–water partition coefficient (Wildman–Crippen LogP) is 5.59. The molecule has 2 aromatic carbocycles. The van der Waals surface area contributed by atoms with E-state index in [1.807, 2.05) is 56.3 Å². The van der Waals surface area contributed by atoms with Crippen LogP contribution in [0.4, 0.5) is 5.69 Å². The van der Waals surface area contributed by atoms with E-state index >= 15 is 0 Å². The van der Waals surface area contributed by atoms with Crippen LogP contribution in [0, 0.1) is 13.8 Å². The number of benzene rings is 2. The minimum absolute atomic E-state index is 0.0782. The number of aromatic nitrogens is 1. The van der Waals surface area contributed by atoms with Gasteiger partial charge in [0.15, 0.2) is 11.1 Å². The fourth-order valence-corrected chi connectivity index (χ4v) is 4.08. The lowest BCUT2D eigenvalue weighted by atomic mass is 9.98. The van der Waals surface area contributed by atoms with Crippen LogP contribution in [0.2, 0.25) is 5.15 Å². The lowest BCUT2D eigenvalue weighted by molar-refractivity contribution is 0.0533. The molecule has 0 saturated heterocycles. The van der Waals surface area contributed by atoms with Gasteiger partial charge in [-0.1, -0.05) is 48.0 Å². The molecule has 2 N–H and O–H groups in total. The summed E-state index contributed by atoms with van der Waals surface area (Å²) in [5, 5.41) is 3.99. The smallest absolute Gasteiger partial charge is 0.295 e. The molecule has 0 aliphatic heterocycles. The number of hydroxylamine groups is 1. The van der Waals surface area contributed by atoms with E-state index in [-0.39, 0.29) is 22.3 Å². The Bertz CT molecular complexity index is 1430. The Morgan fingerprint density at radius 3 is 2.56 bits per heavy atom. The zero-order valence-corrected chi connectivity index (χ0v) is 20.0. The van der Waals surface area contributed by atoms with Gasteiger partial charge in [0.2, 0.25) is 0 Å². The standard InChI is InChI=1S/C26H24ClN3O4/c1-14-12-18(16(3)28-20-10-11-21(27)29-22(20)26(32)30-33-4)25-19(13-14)23(31)15(2)24(34-25)17-8-6-5-7-9-17/h5-13,16,28H,1-4H3,(H,30,32). The van der Waals surface area contributed by atoms with Crippen molar-refractivity contribution in [1.82, 2.24) is 10.5 Å². The zero-order chi connectivity index (χ0) is 24.4. The van der Waals surface area contributed by atoms with Crippen LogP contribution in [-0.2, 0) is 4.84 Å². The topological polar surface area (TPSA) is 93.5 Å². The second-order valence-corrected chi connectivity index (χ2v) is 8.40. The van der Waals surface area contributed by atoms with Gasteiger partial charge in [-0.3, -0.25) is 14.4 Å². The first-order valence-corrected chi connectivity index (χ1v) is 11.1. The molecule has 2 heterocycles. The largest absolute Gasteiger partial charge is 0.455 e. The number of nitrogens with one attached hydrogen (secondary N) is 2. The third-order valence-electron chi connectivity index (χ3n) is 5.54. The number of rotatable bonds is 6. The van der Waals surface area contributed by atoms with Crippen molar-refractivity contribution in [3.63, 3.8) is 0 Å². The normalized spacial score (nSPS) is 11.9. The monoisotopic (exact) mass is 477 g/mol. The minimum Gasteiger partial charge on any atom is -0.455 e. The molecule has 7 nitrogen and oxygen atoms in total. The number of halogens is 1. The number of hydrogen-bond donors (Lipinski definition) is 2. The molecule has 0 aliphatic rings. The first-order chi connectivity index (χ1) is 16.3. The Hall–Kier alpha value is -3.68. The molecule has 2 aromatic heterocycles. The molecule has 174 valence electrons. The van der Waals surface area contributed by atoms with Gasteiger partial charge in [0.05, 0.1) is 24.2 Å². The van der Waals surface area contributed by atoms with Gasteiger partial charge in [-0.2, -0.15) is 0 Å². The molecular formula is C26H24ClN3O4. The second kappa shape index (κ2) is 9.67. The molecule has 4 rings (SSSR count). The molecule has 0 radical (unpaired) electrons. The van der Waals surface area contributed by atoms with E-state index in [4.69, 9.17) is 20.9 Å². The Labute approximate surface area is 201 Å². The Kier molecular flexibility index (Phi) is 6.68. The van der Waals surface area contributed by atoms with Crippen LogP contribution in [0.5, 0.6) is 0 Å². The van der Waals surface area contributed by atoms with E-state index in [0.29, 0.717) is 28.0 Å². The molecule has 34 heavy (non-hydrogen) atoms. The third kappa shape index (κ3) is 4.53. The Balaban J connectivity index is 1.84. The van der Waals surface area contributed by atoms with Gasteiger partial charge in [0.1, 0.15) is 16.5 Å². The zero-order valence-electron chi connectivity index (χ0n) is 19.2. The molecule has 8 heteroatoms. The van der Waals surface area contributed by atoms with Gasteiger partial charge in [-0.15, -0.1) is 0 Å². The number of carbonyl (C=O) groups excluding carboxylic acids is 1. The van der Waals surface area contributed by atoms with E-state index in [2.05, 4.69) is 15.8 Å². The number of hydrogen-bond acceptors (Lipinski definition) is 6. The van der Waals surface area contributed by atoms with Crippen molar-refractivity contribution in [3.05, 3.63) is 92.4 Å². The van der Waals surface area contributed by atoms with Gasteiger partial charge in [0, 0.05) is 16.7 Å². The van der Waals surface area contributed by atoms with Crippen molar-refractivity contribution in [2.75, 3.05) is 12.4 Å². The van der Waals surface area contributed by atoms with Crippen molar-refractivity contribution in [1.29, 1.82) is 0 Å². The van der Waals surface area contributed by atoms with Gasteiger partial charge in [0.25, 0.3) is 5.91 Å². The van der Waals surface area contributed by atoms with Crippen LogP contribution in [0.15, 0.2) is 63.8 Å². The lowest BCUT2D eigenvalue weighted by Gasteiger charge is -2.20. The van der Waals surface area contributed by atoms with Crippen LogP contribution in [-0.4, -0.2) is 18.0 Å². The highest BCUT2D eigenvalue weighted by atomic mass is 35.5. The van der Waals surface area contributed by atoms with Crippen molar-refractivity contribution >= 4 is 34.2 Å². The first kappa shape index (κ1) is 23.5. The van der Waals surface area contributed by atoms with Crippen LogP contribution in [0.1, 0.15) is 40.1 Å². The highest BCUT2D eigenvalue weighted by Gasteiger charge is 2.21. The number of pyridine rings is 1. The molecule has 1 unspecified atom stereocenters. The fraction of sp³-hybridized carbons (Fsp3) is 0.192. The number of anilines is 1. The SMILES string of the molecule is CONC(=O)c1nc(Cl)ccc1NC(C)c1cc(C)cc2c(=O)c(C)c(-c3ccccc3)oc12. The summed E-state index contributed by atoms with van der Waals surface area (Å²) in [4.78, 5) is 34.6. The summed E-state index contributed by atoms with van der Waals surface area (Å²) in [6, 6.07) is 16.3. The third-order valence-corrected chi connectivity index (χ3v) is 5.75. The summed E-state index contributed by atoms with van der Waals surface area (Å²) in [6.07, 6.45) is 0. The Morgan fingerprint density at radius 2 is 1.85 bits per heavy atom. The van der Waals surface area contributed by atoms with E-state index in [0.717, 1.165) is 16.7 Å². The van der Waals surface area contributed by atoms with Gasteiger partial charge >= 0.3 is 0 Å². The van der Waals surface area contributed by atoms with Gasteiger partial charge in [-0.25, -0.2) is 10.5 Å². The van der Waals surface area contributed by atoms with E-state index in [1.165, 1.54) is 7.11 Å². The molecule has 0 spiro atoms. The van der Waals surface area contributed by atoms with Gasteiger partial charge < -0.3 is 9.73 Å². The molecule has 1 atom stereocenters. The van der Waals surface area contributed by atoms with Crippen LogP contribution >= 0.6 is 11.6 Å². The summed E-state index contributed by atoms with van der Waals surface area (Å²) < 4.78 is 6.36. The van der Waals surface area contributed by atoms with Gasteiger partial charge in [-0.05, 0) is 44.5 Å². The van der Waals surface area contributed by atoms with Crippen molar-refractivity contribution in [2.45, 2.75) is 26.8 Å². The van der Waals surface area contributed by atoms with Crippen LogP contribution < -0.4 is 16.2 Å². The highest BCUT2D eigenvalue weighted by Crippen LogP contribution is 2.32. The predicted molar refractivity (Wildman–Crippen MR) is 133 cm³/mol. The maximum atomic E-state index is 13.3. The first-order valence-electron chi connectivity index (χ1n) is 10.7. The van der Waals surface area contributed by atoms with Crippen molar-refractivity contribution in [3.8, 4) is 11.3 Å². The lowest BCUT2D eigenvalue weighted by Crippen LogP contribution is -2.25. The molecule has 0 saturated carbocycles. The number of carbonyl (C=O) groups is 1. The minimum atomic E-state index is -0.540. The number of fused-ring (bicyclic) bond motifs is 1. The van der Waals surface area contributed by atoms with E-state index in [9.17, 15) is 9.59 Å². The van der Waals surface area contributed by atoms with Crippen molar-refractivity contribution in [2.24, 2.45) is 0 Å².